The maximum absolute atomic E-state index is 11.5. The fraction of sp³-hybridized carbons (Fsp3) is 0.722. The van der Waals surface area contributed by atoms with Gasteiger partial charge in [0.1, 0.15) is 5.76 Å². The van der Waals surface area contributed by atoms with Gasteiger partial charge in [-0.25, -0.2) is 4.98 Å². The Morgan fingerprint density at radius 1 is 1.38 bits per heavy atom. The molecule has 0 atom stereocenters. The van der Waals surface area contributed by atoms with Crippen LogP contribution in [0.5, 0.6) is 0 Å². The molecule has 1 saturated heterocycles. The van der Waals surface area contributed by atoms with E-state index in [4.69, 9.17) is 4.42 Å². The number of aliphatic imine (C=N–C) groups is 1. The number of hydrogen-bond donors (Lipinski definition) is 2. The molecule has 1 aromatic heterocycles. The van der Waals surface area contributed by atoms with Crippen molar-refractivity contribution in [1.82, 2.24) is 20.5 Å². The molecule has 2 rings (SSSR count). The minimum absolute atomic E-state index is 0. The molecular weight excluding hydrogens is 445 g/mol. The predicted molar refractivity (Wildman–Crippen MR) is 114 cm³/mol. The third-order valence-corrected chi connectivity index (χ3v) is 4.57. The Morgan fingerprint density at radius 2 is 2.04 bits per heavy atom. The average Bonchev–Trinajstić information content (AvgIpc) is 3.06. The minimum Gasteiger partial charge on any atom is -0.443 e. The number of oxazole rings is 1. The molecule has 1 fully saturated rings. The van der Waals surface area contributed by atoms with Crippen LogP contribution in [0.3, 0.4) is 0 Å². The highest BCUT2D eigenvalue weighted by atomic mass is 127. The summed E-state index contributed by atoms with van der Waals surface area (Å²) in [4.78, 5) is 22.4. The number of nitrogens with one attached hydrogen (secondary N) is 2. The van der Waals surface area contributed by atoms with Crippen molar-refractivity contribution in [1.29, 1.82) is 0 Å². The number of carbonyl (C=O) groups excluding carboxylic acids is 1. The van der Waals surface area contributed by atoms with E-state index in [2.05, 4.69) is 46.3 Å². The van der Waals surface area contributed by atoms with Gasteiger partial charge in [-0.2, -0.15) is 0 Å². The summed E-state index contributed by atoms with van der Waals surface area (Å²) in [5, 5.41) is 6.03. The van der Waals surface area contributed by atoms with Gasteiger partial charge in [-0.15, -0.1) is 24.0 Å². The summed E-state index contributed by atoms with van der Waals surface area (Å²) in [5.74, 6) is 2.98. The van der Waals surface area contributed by atoms with Gasteiger partial charge in [0.15, 0.2) is 5.96 Å². The van der Waals surface area contributed by atoms with E-state index in [0.29, 0.717) is 24.8 Å². The molecule has 1 aromatic rings. The molecule has 0 unspecified atom stereocenters. The third-order valence-electron chi connectivity index (χ3n) is 4.57. The van der Waals surface area contributed by atoms with Crippen LogP contribution in [0.2, 0.25) is 0 Å². The molecule has 7 nitrogen and oxygen atoms in total. The van der Waals surface area contributed by atoms with Gasteiger partial charge in [0.25, 0.3) is 0 Å². The average molecular weight is 477 g/mol. The molecule has 0 radical (unpaired) electrons. The van der Waals surface area contributed by atoms with E-state index in [9.17, 15) is 4.79 Å². The van der Waals surface area contributed by atoms with Crippen LogP contribution in [0.15, 0.2) is 15.6 Å². The molecule has 26 heavy (non-hydrogen) atoms. The standard InChI is InChI=1S/C18H31N5O2.HI/c1-18(2,3)14-11-21-16(25-14)12-22-17(20-5)23-8-6-13(7-9-23)10-15(24)19-4;/h11,13H,6-10,12H2,1-5H3,(H,19,24)(H,20,22);1H. The minimum atomic E-state index is -0.0421. The Balaban J connectivity index is 0.00000338. The molecule has 1 aliphatic rings. The van der Waals surface area contributed by atoms with Crippen molar-refractivity contribution in [2.24, 2.45) is 10.9 Å². The van der Waals surface area contributed by atoms with Gasteiger partial charge in [-0.05, 0) is 18.8 Å². The zero-order valence-corrected chi connectivity index (χ0v) is 18.8. The SMILES string of the molecule is CN=C(NCc1ncc(C(C)(C)C)o1)N1CCC(CC(=O)NC)CC1.I. The van der Waals surface area contributed by atoms with Crippen LogP contribution in [0.1, 0.15) is 51.7 Å². The third kappa shape index (κ3) is 6.44. The van der Waals surface area contributed by atoms with Crippen molar-refractivity contribution in [3.8, 4) is 0 Å². The zero-order valence-electron chi connectivity index (χ0n) is 16.5. The number of amides is 1. The summed E-state index contributed by atoms with van der Waals surface area (Å²) in [6, 6.07) is 0. The van der Waals surface area contributed by atoms with Gasteiger partial charge in [0, 0.05) is 39.0 Å². The van der Waals surface area contributed by atoms with Crippen molar-refractivity contribution in [2.45, 2.75) is 52.0 Å². The number of piperidine rings is 1. The van der Waals surface area contributed by atoms with E-state index in [-0.39, 0.29) is 35.3 Å². The molecule has 2 heterocycles. The highest BCUT2D eigenvalue weighted by Gasteiger charge is 2.23. The molecule has 0 aliphatic carbocycles. The van der Waals surface area contributed by atoms with Crippen LogP contribution >= 0.6 is 24.0 Å². The van der Waals surface area contributed by atoms with E-state index in [1.54, 1.807) is 20.3 Å². The van der Waals surface area contributed by atoms with Crippen LogP contribution in [0.25, 0.3) is 0 Å². The van der Waals surface area contributed by atoms with Crippen LogP contribution in [-0.2, 0) is 16.8 Å². The molecular formula is C18H32IN5O2. The molecule has 1 aliphatic heterocycles. The number of carbonyl (C=O) groups is 1. The van der Waals surface area contributed by atoms with Crippen molar-refractivity contribution in [2.75, 3.05) is 27.2 Å². The lowest BCUT2D eigenvalue weighted by molar-refractivity contribution is -0.121. The Bertz CT molecular complexity index is 601. The first-order valence-corrected chi connectivity index (χ1v) is 8.95. The maximum atomic E-state index is 11.5. The Kier molecular flexibility index (Phi) is 8.85. The zero-order chi connectivity index (χ0) is 18.4. The number of rotatable bonds is 4. The summed E-state index contributed by atoms with van der Waals surface area (Å²) in [6.45, 7) is 8.63. The first-order valence-electron chi connectivity index (χ1n) is 8.95. The molecule has 0 bridgehead atoms. The fourth-order valence-corrected chi connectivity index (χ4v) is 2.94. The molecule has 8 heteroatoms. The van der Waals surface area contributed by atoms with Crippen LogP contribution in [-0.4, -0.2) is 48.9 Å². The molecule has 1 amide bonds. The molecule has 148 valence electrons. The second-order valence-corrected chi connectivity index (χ2v) is 7.58. The Morgan fingerprint density at radius 3 is 2.54 bits per heavy atom. The Labute approximate surface area is 173 Å². The first-order chi connectivity index (χ1) is 11.8. The van der Waals surface area contributed by atoms with E-state index >= 15 is 0 Å². The highest BCUT2D eigenvalue weighted by Crippen LogP contribution is 2.23. The van der Waals surface area contributed by atoms with Gasteiger partial charge < -0.3 is 20.0 Å². The lowest BCUT2D eigenvalue weighted by Gasteiger charge is -2.33. The second-order valence-electron chi connectivity index (χ2n) is 7.58. The van der Waals surface area contributed by atoms with Crippen molar-refractivity contribution >= 4 is 35.8 Å². The Hall–Kier alpha value is -1.32. The van der Waals surface area contributed by atoms with E-state index in [0.717, 1.165) is 37.7 Å². The smallest absolute Gasteiger partial charge is 0.220 e. The van der Waals surface area contributed by atoms with Crippen molar-refractivity contribution in [3.63, 3.8) is 0 Å². The normalized spacial score (nSPS) is 16.2. The van der Waals surface area contributed by atoms with Crippen LogP contribution < -0.4 is 10.6 Å². The van der Waals surface area contributed by atoms with Crippen LogP contribution in [0, 0.1) is 5.92 Å². The number of halogens is 1. The summed E-state index contributed by atoms with van der Waals surface area (Å²) in [7, 11) is 3.48. The molecule has 2 N–H and O–H groups in total. The number of nitrogens with zero attached hydrogens (tertiary/aromatic N) is 3. The number of likely N-dealkylation sites (tertiary alicyclic amines) is 1. The van der Waals surface area contributed by atoms with E-state index in [1.807, 2.05) is 0 Å². The summed E-state index contributed by atoms with van der Waals surface area (Å²) in [5.41, 5.74) is -0.0421. The van der Waals surface area contributed by atoms with Gasteiger partial charge in [0.05, 0.1) is 12.7 Å². The number of aromatic nitrogens is 1. The first kappa shape index (κ1) is 22.7. The van der Waals surface area contributed by atoms with Crippen LogP contribution in [0.4, 0.5) is 0 Å². The van der Waals surface area contributed by atoms with Gasteiger partial charge in [0.2, 0.25) is 11.8 Å². The monoisotopic (exact) mass is 477 g/mol. The largest absolute Gasteiger partial charge is 0.443 e. The number of guanidine groups is 1. The molecule has 0 aromatic carbocycles. The summed E-state index contributed by atoms with van der Waals surface area (Å²) < 4.78 is 5.81. The van der Waals surface area contributed by atoms with E-state index < -0.39 is 0 Å². The topological polar surface area (TPSA) is 82.8 Å². The van der Waals surface area contributed by atoms with Crippen molar-refractivity contribution in [3.05, 3.63) is 17.8 Å². The summed E-state index contributed by atoms with van der Waals surface area (Å²) in [6.07, 6.45) is 4.41. The van der Waals surface area contributed by atoms with Gasteiger partial charge in [-0.3, -0.25) is 9.79 Å². The van der Waals surface area contributed by atoms with Crippen molar-refractivity contribution < 1.29 is 9.21 Å². The fourth-order valence-electron chi connectivity index (χ4n) is 2.94. The quantitative estimate of drug-likeness (QED) is 0.396. The maximum Gasteiger partial charge on any atom is 0.220 e. The second kappa shape index (κ2) is 10.1. The van der Waals surface area contributed by atoms with E-state index in [1.165, 1.54) is 0 Å². The highest BCUT2D eigenvalue weighted by molar-refractivity contribution is 14.0. The van der Waals surface area contributed by atoms with Gasteiger partial charge in [-0.1, -0.05) is 20.8 Å². The predicted octanol–water partition coefficient (Wildman–Crippen LogP) is 2.51. The lowest BCUT2D eigenvalue weighted by atomic mass is 9.93. The lowest BCUT2D eigenvalue weighted by Crippen LogP contribution is -2.45. The summed E-state index contributed by atoms with van der Waals surface area (Å²) >= 11 is 0. The van der Waals surface area contributed by atoms with Gasteiger partial charge >= 0.3 is 0 Å². The number of hydrogen-bond acceptors (Lipinski definition) is 4. The molecule has 0 saturated carbocycles. The molecule has 0 spiro atoms.